The first-order valence-electron chi connectivity index (χ1n) is 4.18. The predicted octanol–water partition coefficient (Wildman–Crippen LogP) is 1.51. The molecule has 6 heteroatoms. The molecule has 3 N–H and O–H groups in total. The summed E-state index contributed by atoms with van der Waals surface area (Å²) >= 11 is 0. The van der Waals surface area contributed by atoms with Crippen molar-refractivity contribution in [2.75, 3.05) is 20.8 Å². The van der Waals surface area contributed by atoms with Crippen LogP contribution in [0.2, 0.25) is 0 Å². The molecule has 0 aromatic carbocycles. The maximum Gasteiger partial charge on any atom is 0.471 e. The van der Waals surface area contributed by atoms with Crippen LogP contribution >= 0.6 is 7.82 Å². The van der Waals surface area contributed by atoms with E-state index in [4.69, 9.17) is 10.6 Å². The van der Waals surface area contributed by atoms with Crippen molar-refractivity contribution >= 4 is 7.82 Å². The Morgan fingerprint density at radius 3 is 1.85 bits per heavy atom. The van der Waals surface area contributed by atoms with Crippen molar-refractivity contribution in [1.82, 2.24) is 0 Å². The Bertz CT molecular complexity index is 130. The standard InChI is InChI=1S/C5H13N.C2H7O4P/c1-2-3-4-5-6;1-5-7(3,4)6-2/h2-6H2,1H3;1-2H3,(H,3,4). The fourth-order valence-corrected chi connectivity index (χ4v) is 0.618. The zero-order valence-electron chi connectivity index (χ0n) is 8.52. The zero-order chi connectivity index (χ0) is 10.7. The minimum atomic E-state index is -3.65. The van der Waals surface area contributed by atoms with E-state index in [1.54, 1.807) is 0 Å². The molecule has 82 valence electrons. The average molecular weight is 213 g/mol. The summed E-state index contributed by atoms with van der Waals surface area (Å²) in [6, 6.07) is 0. The monoisotopic (exact) mass is 213 g/mol. The molecular formula is C7H20NO4P. The molecule has 0 aliphatic heterocycles. The SMILES string of the molecule is CCCCCN.COP(=O)(O)OC. The molecule has 0 atom stereocenters. The Hall–Kier alpha value is 0.0700. The van der Waals surface area contributed by atoms with Crippen LogP contribution in [0.1, 0.15) is 26.2 Å². The van der Waals surface area contributed by atoms with Crippen molar-refractivity contribution in [2.45, 2.75) is 26.2 Å². The Balaban J connectivity index is 0. The van der Waals surface area contributed by atoms with E-state index in [0.29, 0.717) is 0 Å². The third-order valence-corrected chi connectivity index (χ3v) is 2.19. The Labute approximate surface area is 79.8 Å². The van der Waals surface area contributed by atoms with Crippen LogP contribution in [0.3, 0.4) is 0 Å². The Morgan fingerprint density at radius 1 is 1.31 bits per heavy atom. The molecule has 0 aromatic heterocycles. The van der Waals surface area contributed by atoms with Gasteiger partial charge in [-0.2, -0.15) is 0 Å². The van der Waals surface area contributed by atoms with E-state index >= 15 is 0 Å². The molecule has 0 aliphatic carbocycles. The second-order valence-corrected chi connectivity index (χ2v) is 4.00. The number of unbranched alkanes of at least 4 members (excludes halogenated alkanes) is 2. The van der Waals surface area contributed by atoms with Crippen LogP contribution in [0.25, 0.3) is 0 Å². The van der Waals surface area contributed by atoms with Crippen molar-refractivity contribution in [3.8, 4) is 0 Å². The molecule has 0 fully saturated rings. The van der Waals surface area contributed by atoms with Crippen LogP contribution in [0.15, 0.2) is 0 Å². The number of phosphoric acid groups is 1. The van der Waals surface area contributed by atoms with Gasteiger partial charge in [-0.15, -0.1) is 0 Å². The molecule has 0 aliphatic rings. The molecule has 0 amide bonds. The van der Waals surface area contributed by atoms with Gasteiger partial charge in [0.15, 0.2) is 0 Å². The second kappa shape index (κ2) is 10.2. The number of nitrogens with two attached hydrogens (primary N) is 1. The third kappa shape index (κ3) is 14.9. The van der Waals surface area contributed by atoms with E-state index in [0.717, 1.165) is 20.8 Å². The van der Waals surface area contributed by atoms with Crippen molar-refractivity contribution in [3.63, 3.8) is 0 Å². The topological polar surface area (TPSA) is 81.8 Å². The summed E-state index contributed by atoms with van der Waals surface area (Å²) < 4.78 is 18.0. The van der Waals surface area contributed by atoms with Gasteiger partial charge in [0.2, 0.25) is 0 Å². The Morgan fingerprint density at radius 2 is 1.77 bits per heavy atom. The van der Waals surface area contributed by atoms with Gasteiger partial charge in [-0.3, -0.25) is 9.05 Å². The number of rotatable bonds is 5. The molecule has 0 aromatic rings. The minimum absolute atomic E-state index is 0.855. The summed E-state index contributed by atoms with van der Waals surface area (Å²) in [5.74, 6) is 0. The third-order valence-electron chi connectivity index (χ3n) is 1.27. The number of hydrogen-bond acceptors (Lipinski definition) is 4. The van der Waals surface area contributed by atoms with E-state index in [-0.39, 0.29) is 0 Å². The molecule has 0 bridgehead atoms. The van der Waals surface area contributed by atoms with Crippen LogP contribution in [0.4, 0.5) is 0 Å². The average Bonchev–Trinajstić information content (AvgIpc) is 2.16. The van der Waals surface area contributed by atoms with Gasteiger partial charge >= 0.3 is 7.82 Å². The fraction of sp³-hybridized carbons (Fsp3) is 1.00. The molecule has 0 radical (unpaired) electrons. The van der Waals surface area contributed by atoms with Crippen LogP contribution in [-0.2, 0) is 13.6 Å². The summed E-state index contributed by atoms with van der Waals surface area (Å²) in [7, 11) is -1.45. The lowest BCUT2D eigenvalue weighted by molar-refractivity contribution is 0.204. The van der Waals surface area contributed by atoms with Crippen molar-refractivity contribution in [1.29, 1.82) is 0 Å². The van der Waals surface area contributed by atoms with Crippen LogP contribution < -0.4 is 5.73 Å². The molecule has 0 spiro atoms. The molecule has 5 nitrogen and oxygen atoms in total. The lowest BCUT2D eigenvalue weighted by Crippen LogP contribution is -1.96. The fourth-order valence-electron chi connectivity index (χ4n) is 0.469. The lowest BCUT2D eigenvalue weighted by atomic mass is 10.3. The Kier molecular flexibility index (Phi) is 12.1. The van der Waals surface area contributed by atoms with E-state index < -0.39 is 7.82 Å². The van der Waals surface area contributed by atoms with Gasteiger partial charge in [0, 0.05) is 14.2 Å². The molecule has 0 heterocycles. The summed E-state index contributed by atoms with van der Waals surface area (Å²) in [6.45, 7) is 3.03. The first-order valence-corrected chi connectivity index (χ1v) is 5.68. The maximum atomic E-state index is 10.1. The van der Waals surface area contributed by atoms with Crippen molar-refractivity contribution in [3.05, 3.63) is 0 Å². The van der Waals surface area contributed by atoms with E-state index in [2.05, 4.69) is 16.0 Å². The van der Waals surface area contributed by atoms with Gasteiger partial charge in [-0.1, -0.05) is 19.8 Å². The number of hydrogen-bond donors (Lipinski definition) is 2. The summed E-state index contributed by atoms with van der Waals surface area (Å²) in [4.78, 5) is 8.24. The van der Waals surface area contributed by atoms with Crippen LogP contribution in [0, 0.1) is 0 Å². The van der Waals surface area contributed by atoms with Gasteiger partial charge in [0.05, 0.1) is 0 Å². The van der Waals surface area contributed by atoms with Crippen LogP contribution in [0.5, 0.6) is 0 Å². The second-order valence-electron chi connectivity index (χ2n) is 2.33. The van der Waals surface area contributed by atoms with Gasteiger partial charge in [0.25, 0.3) is 0 Å². The first kappa shape index (κ1) is 15.5. The zero-order valence-corrected chi connectivity index (χ0v) is 9.42. The molecular weight excluding hydrogens is 193 g/mol. The quantitative estimate of drug-likeness (QED) is 0.534. The molecule has 13 heavy (non-hydrogen) atoms. The largest absolute Gasteiger partial charge is 0.471 e. The van der Waals surface area contributed by atoms with Crippen molar-refractivity contribution < 1.29 is 18.5 Å². The van der Waals surface area contributed by atoms with E-state index in [1.807, 2.05) is 0 Å². The normalized spacial score (nSPS) is 10.5. The van der Waals surface area contributed by atoms with Crippen LogP contribution in [-0.4, -0.2) is 25.7 Å². The number of phosphoric ester groups is 1. The van der Waals surface area contributed by atoms with E-state index in [1.165, 1.54) is 19.3 Å². The summed E-state index contributed by atoms with van der Waals surface area (Å²) in [6.07, 6.45) is 3.75. The van der Waals surface area contributed by atoms with Gasteiger partial charge in [-0.05, 0) is 13.0 Å². The lowest BCUT2D eigenvalue weighted by Gasteiger charge is -2.01. The highest BCUT2D eigenvalue weighted by Gasteiger charge is 2.13. The smallest absolute Gasteiger partial charge is 0.330 e. The molecule has 0 saturated heterocycles. The summed E-state index contributed by atoms with van der Waals surface area (Å²) in [5, 5.41) is 0. The van der Waals surface area contributed by atoms with Gasteiger partial charge in [0.1, 0.15) is 0 Å². The van der Waals surface area contributed by atoms with E-state index in [9.17, 15) is 4.57 Å². The molecule has 0 rings (SSSR count). The van der Waals surface area contributed by atoms with Gasteiger partial charge in [-0.25, -0.2) is 4.57 Å². The molecule has 0 unspecified atom stereocenters. The summed E-state index contributed by atoms with van der Waals surface area (Å²) in [5.41, 5.74) is 5.21. The first-order chi connectivity index (χ1) is 6.04. The minimum Gasteiger partial charge on any atom is -0.330 e. The molecule has 0 saturated carbocycles. The van der Waals surface area contributed by atoms with Gasteiger partial charge < -0.3 is 10.6 Å². The highest BCUT2D eigenvalue weighted by Crippen LogP contribution is 2.40. The maximum absolute atomic E-state index is 10.1. The van der Waals surface area contributed by atoms with Crippen molar-refractivity contribution in [2.24, 2.45) is 5.73 Å². The highest BCUT2D eigenvalue weighted by atomic mass is 31.2. The predicted molar refractivity (Wildman–Crippen MR) is 52.4 cm³/mol. The highest BCUT2D eigenvalue weighted by molar-refractivity contribution is 7.47.